The molecule has 1 atom stereocenters. The molecule has 2 rings (SSSR count). The zero-order chi connectivity index (χ0) is 14.7. The van der Waals surface area contributed by atoms with Crippen LogP contribution in [0.15, 0.2) is 36.4 Å². The molecule has 2 nitrogen and oxygen atoms in total. The fraction of sp³-hybridized carbons (Fsp3) is 0.294. The van der Waals surface area contributed by atoms with E-state index in [0.717, 1.165) is 11.1 Å². The highest BCUT2D eigenvalue weighted by Crippen LogP contribution is 2.22. The van der Waals surface area contributed by atoms with Crippen molar-refractivity contribution in [3.05, 3.63) is 64.5 Å². The molecule has 2 aromatic carbocycles. The number of benzene rings is 2. The summed E-state index contributed by atoms with van der Waals surface area (Å²) in [6.45, 7) is 4.14. The number of hydrogen-bond acceptors (Lipinski definition) is 2. The fourth-order valence-electron chi connectivity index (χ4n) is 2.20. The highest BCUT2D eigenvalue weighted by molar-refractivity contribution is 5.34. The number of ether oxygens (including phenoxy) is 1. The molecule has 0 radical (unpaired) electrons. The first kappa shape index (κ1) is 14.5. The van der Waals surface area contributed by atoms with E-state index in [1.807, 2.05) is 12.1 Å². The minimum Gasteiger partial charge on any atom is -0.494 e. The molecule has 0 aromatic heterocycles. The van der Waals surface area contributed by atoms with Gasteiger partial charge >= 0.3 is 0 Å². The molecule has 0 saturated carbocycles. The van der Waals surface area contributed by atoms with Gasteiger partial charge in [0.15, 0.2) is 11.6 Å². The van der Waals surface area contributed by atoms with Gasteiger partial charge in [0.05, 0.1) is 7.11 Å². The van der Waals surface area contributed by atoms with Crippen LogP contribution < -0.4 is 10.5 Å². The summed E-state index contributed by atoms with van der Waals surface area (Å²) in [5.74, 6) is -0.0919. The Morgan fingerprint density at radius 2 is 1.85 bits per heavy atom. The van der Waals surface area contributed by atoms with Gasteiger partial charge < -0.3 is 10.5 Å². The molecule has 106 valence electrons. The third-order valence-corrected chi connectivity index (χ3v) is 3.63. The van der Waals surface area contributed by atoms with Crippen LogP contribution in [0.2, 0.25) is 0 Å². The minimum atomic E-state index is -0.350. The lowest BCUT2D eigenvalue weighted by molar-refractivity contribution is 0.386. The van der Waals surface area contributed by atoms with Crippen LogP contribution in [0.1, 0.15) is 28.3 Å². The number of nitrogens with two attached hydrogens (primary N) is 1. The lowest BCUT2D eigenvalue weighted by Gasteiger charge is -2.14. The SMILES string of the molecule is COc1ccc(CC(N)c2ccc(C)c(C)c2)cc1F. The molecule has 0 bridgehead atoms. The second-order valence-electron chi connectivity index (χ2n) is 5.12. The number of rotatable bonds is 4. The van der Waals surface area contributed by atoms with Gasteiger partial charge in [-0.2, -0.15) is 0 Å². The van der Waals surface area contributed by atoms with E-state index in [4.69, 9.17) is 10.5 Å². The van der Waals surface area contributed by atoms with E-state index in [9.17, 15) is 4.39 Å². The second-order valence-corrected chi connectivity index (χ2v) is 5.12. The normalized spacial score (nSPS) is 12.2. The van der Waals surface area contributed by atoms with Crippen LogP contribution >= 0.6 is 0 Å². The van der Waals surface area contributed by atoms with Crippen molar-refractivity contribution in [2.75, 3.05) is 7.11 Å². The Bertz CT molecular complexity index is 610. The number of hydrogen-bond donors (Lipinski definition) is 1. The Balaban J connectivity index is 2.16. The van der Waals surface area contributed by atoms with Crippen LogP contribution in [0.5, 0.6) is 5.75 Å². The van der Waals surface area contributed by atoms with Crippen molar-refractivity contribution >= 4 is 0 Å². The first-order chi connectivity index (χ1) is 9.51. The highest BCUT2D eigenvalue weighted by atomic mass is 19.1. The molecule has 3 heteroatoms. The van der Waals surface area contributed by atoms with Crippen molar-refractivity contribution < 1.29 is 9.13 Å². The van der Waals surface area contributed by atoms with E-state index < -0.39 is 0 Å². The van der Waals surface area contributed by atoms with E-state index in [0.29, 0.717) is 6.42 Å². The van der Waals surface area contributed by atoms with Crippen LogP contribution in [0.3, 0.4) is 0 Å². The molecule has 0 aliphatic carbocycles. The van der Waals surface area contributed by atoms with E-state index in [1.165, 1.54) is 24.3 Å². The molecule has 0 aliphatic rings. The van der Waals surface area contributed by atoms with Gasteiger partial charge in [-0.1, -0.05) is 24.3 Å². The van der Waals surface area contributed by atoms with Crippen LogP contribution in [-0.4, -0.2) is 7.11 Å². The molecule has 0 fully saturated rings. The van der Waals surface area contributed by atoms with E-state index in [1.54, 1.807) is 6.07 Å². The quantitative estimate of drug-likeness (QED) is 0.922. The molecule has 2 aromatic rings. The van der Waals surface area contributed by atoms with Crippen molar-refractivity contribution in [2.24, 2.45) is 5.73 Å². The molecule has 0 spiro atoms. The van der Waals surface area contributed by atoms with Gasteiger partial charge in [0.1, 0.15) is 0 Å². The monoisotopic (exact) mass is 273 g/mol. The molecule has 1 unspecified atom stereocenters. The van der Waals surface area contributed by atoms with Crippen LogP contribution in [0, 0.1) is 19.7 Å². The van der Waals surface area contributed by atoms with E-state index in [-0.39, 0.29) is 17.6 Å². The van der Waals surface area contributed by atoms with E-state index >= 15 is 0 Å². The first-order valence-corrected chi connectivity index (χ1v) is 6.66. The third-order valence-electron chi connectivity index (χ3n) is 3.63. The molecule has 20 heavy (non-hydrogen) atoms. The van der Waals surface area contributed by atoms with Crippen LogP contribution in [0.25, 0.3) is 0 Å². The average Bonchev–Trinajstić information content (AvgIpc) is 2.42. The Hall–Kier alpha value is -1.87. The Kier molecular flexibility index (Phi) is 4.40. The summed E-state index contributed by atoms with van der Waals surface area (Å²) in [5.41, 5.74) is 10.6. The van der Waals surface area contributed by atoms with Gasteiger partial charge in [-0.3, -0.25) is 0 Å². The maximum atomic E-state index is 13.7. The molecular weight excluding hydrogens is 253 g/mol. The van der Waals surface area contributed by atoms with Gasteiger partial charge in [-0.25, -0.2) is 4.39 Å². The topological polar surface area (TPSA) is 35.2 Å². The number of halogens is 1. The molecule has 0 aliphatic heterocycles. The molecule has 0 amide bonds. The van der Waals surface area contributed by atoms with Crippen LogP contribution in [-0.2, 0) is 6.42 Å². The molecular formula is C17H20FNO. The zero-order valence-corrected chi connectivity index (χ0v) is 12.1. The summed E-state index contributed by atoms with van der Waals surface area (Å²) in [6.07, 6.45) is 0.601. The molecule has 0 saturated heterocycles. The summed E-state index contributed by atoms with van der Waals surface area (Å²) < 4.78 is 18.6. The summed E-state index contributed by atoms with van der Waals surface area (Å²) in [7, 11) is 1.46. The smallest absolute Gasteiger partial charge is 0.165 e. The van der Waals surface area contributed by atoms with Gasteiger partial charge in [0, 0.05) is 6.04 Å². The Morgan fingerprint density at radius 1 is 1.10 bits per heavy atom. The third kappa shape index (κ3) is 3.17. The average molecular weight is 273 g/mol. The predicted octanol–water partition coefficient (Wildman–Crippen LogP) is 3.69. The lowest BCUT2D eigenvalue weighted by Crippen LogP contribution is -2.13. The van der Waals surface area contributed by atoms with E-state index in [2.05, 4.69) is 26.0 Å². The Labute approximate surface area is 119 Å². The van der Waals surface area contributed by atoms with Crippen LogP contribution in [0.4, 0.5) is 4.39 Å². The maximum absolute atomic E-state index is 13.7. The van der Waals surface area contributed by atoms with Crippen molar-refractivity contribution in [3.63, 3.8) is 0 Å². The second kappa shape index (κ2) is 6.06. The van der Waals surface area contributed by atoms with Crippen molar-refractivity contribution in [1.29, 1.82) is 0 Å². The summed E-state index contributed by atoms with van der Waals surface area (Å²) >= 11 is 0. The molecule has 0 heterocycles. The maximum Gasteiger partial charge on any atom is 0.165 e. The standard InChI is InChI=1S/C17H20FNO/c1-11-4-6-14(8-12(11)2)16(19)10-13-5-7-17(20-3)15(18)9-13/h4-9,16H,10,19H2,1-3H3. The Morgan fingerprint density at radius 3 is 2.45 bits per heavy atom. The zero-order valence-electron chi connectivity index (χ0n) is 12.1. The fourth-order valence-corrected chi connectivity index (χ4v) is 2.20. The highest BCUT2D eigenvalue weighted by Gasteiger charge is 2.10. The van der Waals surface area contributed by atoms with Gasteiger partial charge in [-0.05, 0) is 54.7 Å². The van der Waals surface area contributed by atoms with Crippen molar-refractivity contribution in [2.45, 2.75) is 26.3 Å². The summed E-state index contributed by atoms with van der Waals surface area (Å²) in [6, 6.07) is 11.0. The van der Waals surface area contributed by atoms with Gasteiger partial charge in [-0.15, -0.1) is 0 Å². The van der Waals surface area contributed by atoms with Crippen molar-refractivity contribution in [3.8, 4) is 5.75 Å². The van der Waals surface area contributed by atoms with Crippen molar-refractivity contribution in [1.82, 2.24) is 0 Å². The van der Waals surface area contributed by atoms with Gasteiger partial charge in [0.25, 0.3) is 0 Å². The number of aryl methyl sites for hydroxylation is 2. The predicted molar refractivity (Wildman–Crippen MR) is 79.5 cm³/mol. The largest absolute Gasteiger partial charge is 0.494 e. The summed E-state index contributed by atoms with van der Waals surface area (Å²) in [4.78, 5) is 0. The lowest BCUT2D eigenvalue weighted by atomic mass is 9.96. The molecule has 2 N–H and O–H groups in total. The summed E-state index contributed by atoms with van der Waals surface area (Å²) in [5, 5.41) is 0. The first-order valence-electron chi connectivity index (χ1n) is 6.66. The minimum absolute atomic E-state index is 0.137. The van der Waals surface area contributed by atoms with Gasteiger partial charge in [0.2, 0.25) is 0 Å². The number of methoxy groups -OCH3 is 1.